The number of hydrogen-bond donors (Lipinski definition) is 0. The van der Waals surface area contributed by atoms with Crippen molar-refractivity contribution in [2.45, 2.75) is 112 Å². The van der Waals surface area contributed by atoms with Crippen LogP contribution in [0, 0.1) is 37.2 Å². The van der Waals surface area contributed by atoms with Gasteiger partial charge in [-0.05, 0) is 81.8 Å². The first-order chi connectivity index (χ1) is 32.5. The molecule has 9 aromatic rings. The van der Waals surface area contributed by atoms with Crippen LogP contribution < -0.4 is 0 Å². The second-order valence-electron chi connectivity index (χ2n) is 19.7. The van der Waals surface area contributed by atoms with Crippen LogP contribution in [0.25, 0.3) is 71.9 Å². The molecular formula is C58H58IrN4O-2. The zero-order valence-electron chi connectivity index (χ0n) is 45.4. The second-order valence-corrected chi connectivity index (χ2v) is 19.7. The van der Waals surface area contributed by atoms with Crippen LogP contribution >= 0.6 is 0 Å². The molecule has 0 amide bonds. The van der Waals surface area contributed by atoms with E-state index in [1.165, 1.54) is 11.6 Å². The summed E-state index contributed by atoms with van der Waals surface area (Å²) in [5.74, 6) is -1.11. The Hall–Kier alpha value is -5.86. The van der Waals surface area contributed by atoms with Crippen molar-refractivity contribution in [3.8, 4) is 34.3 Å². The Labute approximate surface area is 402 Å². The molecule has 4 heterocycles. The van der Waals surface area contributed by atoms with E-state index in [-0.39, 0.29) is 53.2 Å². The molecule has 0 saturated carbocycles. The van der Waals surface area contributed by atoms with E-state index < -0.39 is 19.6 Å². The molecule has 0 atom stereocenters. The van der Waals surface area contributed by atoms with E-state index in [0.717, 1.165) is 50.4 Å². The number of pyridine rings is 2. The predicted molar refractivity (Wildman–Crippen MR) is 263 cm³/mol. The van der Waals surface area contributed by atoms with Gasteiger partial charge in [-0.1, -0.05) is 147 Å². The molecule has 0 aliphatic carbocycles. The van der Waals surface area contributed by atoms with Crippen molar-refractivity contribution in [2.24, 2.45) is 0 Å². The molecule has 1 radical (unpaired) electrons. The van der Waals surface area contributed by atoms with Gasteiger partial charge in [0.25, 0.3) is 0 Å². The largest absolute Gasteiger partial charge is 0.498 e. The maximum Gasteiger partial charge on any atom is 0.146 e. The number of nitriles is 1. The van der Waals surface area contributed by atoms with E-state index in [1.807, 2.05) is 36.5 Å². The van der Waals surface area contributed by atoms with Crippen LogP contribution in [0.4, 0.5) is 0 Å². The Morgan fingerprint density at radius 2 is 1.30 bits per heavy atom. The third kappa shape index (κ3) is 8.57. The quantitative estimate of drug-likeness (QED) is 0.165. The summed E-state index contributed by atoms with van der Waals surface area (Å²) in [7, 11) is 0. The minimum Gasteiger partial charge on any atom is -0.498 e. The molecule has 5 nitrogen and oxygen atoms in total. The van der Waals surface area contributed by atoms with Crippen LogP contribution in [0.15, 0.2) is 114 Å². The molecule has 0 fully saturated rings. The van der Waals surface area contributed by atoms with Crippen molar-refractivity contribution in [3.05, 3.63) is 161 Å². The third-order valence-electron chi connectivity index (χ3n) is 11.8. The SMILES string of the molecule is CC(C)(C)c1ccc(-c2[c-]cccc2)nc1.[2H]C([2H])([2H])c1cnc(-c2[c-]cc(C([2H])(C)C)c3c2oc2c(-n4c5cc(C(C)(C)C)ccc5c5ccc(C(C)(C)C)cc54)c(C#N)ccc23)cc1C([2H])([2H])[2H].[Ir]. The van der Waals surface area contributed by atoms with Crippen LogP contribution in [0.5, 0.6) is 0 Å². The summed E-state index contributed by atoms with van der Waals surface area (Å²) in [6, 6.07) is 40.4. The summed E-state index contributed by atoms with van der Waals surface area (Å²) >= 11 is 0. The van der Waals surface area contributed by atoms with Gasteiger partial charge in [0.1, 0.15) is 17.3 Å². The van der Waals surface area contributed by atoms with E-state index in [1.54, 1.807) is 26.0 Å². The van der Waals surface area contributed by atoms with Crippen LogP contribution in [0.3, 0.4) is 0 Å². The first kappa shape index (κ1) is 37.5. The number of benzene rings is 5. The van der Waals surface area contributed by atoms with Gasteiger partial charge in [0.2, 0.25) is 0 Å². The molecule has 9 rings (SSSR count). The van der Waals surface area contributed by atoms with Gasteiger partial charge in [-0.2, -0.15) is 5.26 Å². The molecule has 0 N–H and O–H groups in total. The Morgan fingerprint density at radius 1 is 0.688 bits per heavy atom. The van der Waals surface area contributed by atoms with E-state index in [0.29, 0.717) is 44.3 Å². The van der Waals surface area contributed by atoms with Gasteiger partial charge >= 0.3 is 0 Å². The molecule has 4 aromatic heterocycles. The van der Waals surface area contributed by atoms with Gasteiger partial charge in [0, 0.05) is 58.3 Å². The number of rotatable bonds is 4. The molecule has 64 heavy (non-hydrogen) atoms. The molecule has 327 valence electrons. The summed E-state index contributed by atoms with van der Waals surface area (Å²) in [5.41, 5.74) is 9.20. The number of aromatic nitrogens is 3. The molecule has 0 bridgehead atoms. The van der Waals surface area contributed by atoms with Crippen LogP contribution in [-0.2, 0) is 36.4 Å². The summed E-state index contributed by atoms with van der Waals surface area (Å²) < 4.78 is 66.6. The fraction of sp³-hybridized carbons (Fsp3) is 0.293. The first-order valence-corrected chi connectivity index (χ1v) is 21.4. The minimum absolute atomic E-state index is 0. The van der Waals surface area contributed by atoms with E-state index >= 15 is 0 Å². The molecule has 6 heteroatoms. The summed E-state index contributed by atoms with van der Waals surface area (Å²) in [6.45, 7) is 17.7. The molecule has 0 saturated heterocycles. The Morgan fingerprint density at radius 3 is 1.83 bits per heavy atom. The summed E-state index contributed by atoms with van der Waals surface area (Å²) in [5, 5.41) is 14.0. The Kier molecular flexibility index (Phi) is 10.1. The average molecular weight is 1030 g/mol. The fourth-order valence-electron chi connectivity index (χ4n) is 8.10. The van der Waals surface area contributed by atoms with Crippen molar-refractivity contribution in [3.63, 3.8) is 0 Å². The molecule has 0 spiro atoms. The number of hydrogen-bond acceptors (Lipinski definition) is 4. The first-order valence-electron chi connectivity index (χ1n) is 24.9. The number of furan rings is 1. The fourth-order valence-corrected chi connectivity index (χ4v) is 8.10. The standard InChI is InChI=1S/C43H42N3O.C15H16N.Ir/c1-24(2)30-17-18-33(35-19-25(3)26(4)23-45-35)40-38(30)34-14-11-27(22-44)39(41(34)47-40)46-36-20-28(42(5,6)7)12-15-31(36)32-16-13-29(21-37(32)46)43(8,9)10;1-15(2,3)13-9-10-14(16-11-13)12-7-5-4-6-8-12;/h11-17,19-21,23-24H,1-10H3;4-7,9-11H,1-3H3;/q2*-1;/i3D3,4D3,24D;;. The maximum absolute atomic E-state index is 10.7. The van der Waals surface area contributed by atoms with Crippen LogP contribution in [-0.4, -0.2) is 14.5 Å². The number of nitrogens with zero attached hydrogens (tertiary/aromatic N) is 4. The minimum atomic E-state index is -2.74. The maximum atomic E-state index is 10.7. The van der Waals surface area contributed by atoms with E-state index in [4.69, 9.17) is 14.0 Å². The number of fused-ring (bicyclic) bond motifs is 6. The van der Waals surface area contributed by atoms with Crippen LogP contribution in [0.2, 0.25) is 0 Å². The van der Waals surface area contributed by atoms with E-state index in [9.17, 15) is 5.26 Å². The van der Waals surface area contributed by atoms with Gasteiger partial charge < -0.3 is 19.0 Å². The van der Waals surface area contributed by atoms with Gasteiger partial charge in [-0.3, -0.25) is 0 Å². The Bertz CT molecular complexity index is 3430. The average Bonchev–Trinajstić information content (AvgIpc) is 3.82. The zero-order valence-corrected chi connectivity index (χ0v) is 40.8. The van der Waals surface area contributed by atoms with Crippen LogP contribution in [0.1, 0.15) is 131 Å². The van der Waals surface area contributed by atoms with Gasteiger partial charge in [0.15, 0.2) is 0 Å². The van der Waals surface area contributed by atoms with Gasteiger partial charge in [0.05, 0.1) is 22.2 Å². The molecule has 5 aromatic carbocycles. The van der Waals surface area contributed by atoms with Crippen molar-refractivity contribution in [2.75, 3.05) is 0 Å². The smallest absolute Gasteiger partial charge is 0.146 e. The van der Waals surface area contributed by atoms with E-state index in [2.05, 4.69) is 144 Å². The second kappa shape index (κ2) is 17.3. The normalized spacial score (nSPS) is 14.3. The monoisotopic (exact) mass is 1030 g/mol. The topological polar surface area (TPSA) is 67.6 Å². The summed E-state index contributed by atoms with van der Waals surface area (Å²) in [4.78, 5) is 8.93. The summed E-state index contributed by atoms with van der Waals surface area (Å²) in [6.07, 6.45) is 3.04. The predicted octanol–water partition coefficient (Wildman–Crippen LogP) is 15.6. The molecule has 0 aliphatic rings. The van der Waals surface area contributed by atoms with Gasteiger partial charge in [-0.25, -0.2) is 0 Å². The van der Waals surface area contributed by atoms with Crippen molar-refractivity contribution >= 4 is 43.7 Å². The molecule has 0 unspecified atom stereocenters. The molecule has 0 aliphatic heterocycles. The van der Waals surface area contributed by atoms with Crippen molar-refractivity contribution in [1.82, 2.24) is 14.5 Å². The zero-order chi connectivity index (χ0) is 51.1. The molecular weight excluding hydrogens is 961 g/mol. The van der Waals surface area contributed by atoms with Gasteiger partial charge in [-0.15, -0.1) is 53.6 Å². The van der Waals surface area contributed by atoms with Crippen molar-refractivity contribution in [1.29, 1.82) is 5.26 Å². The Balaban J connectivity index is 0.000000369. The van der Waals surface area contributed by atoms with Crippen molar-refractivity contribution < 1.29 is 34.1 Å². The third-order valence-corrected chi connectivity index (χ3v) is 11.8. The number of aryl methyl sites for hydroxylation is 2.